The molecule has 3 N–H and O–H groups in total. The Morgan fingerprint density at radius 2 is 1.94 bits per heavy atom. The highest BCUT2D eigenvalue weighted by Crippen LogP contribution is 2.72. The number of fused-ring (bicyclic) bond motifs is 1. The van der Waals surface area contributed by atoms with E-state index in [2.05, 4.69) is 13.0 Å². The fraction of sp³-hybridized carbons (Fsp3) is 0.867. The van der Waals surface area contributed by atoms with E-state index in [0.29, 0.717) is 23.2 Å². The van der Waals surface area contributed by atoms with Gasteiger partial charge >= 0.3 is 0 Å². The van der Waals surface area contributed by atoms with Gasteiger partial charge in [-0.2, -0.15) is 0 Å². The van der Waals surface area contributed by atoms with Crippen LogP contribution in [0.3, 0.4) is 0 Å². The topological polar surface area (TPSA) is 60.7 Å². The summed E-state index contributed by atoms with van der Waals surface area (Å²) < 4.78 is 0. The zero-order valence-electron chi connectivity index (χ0n) is 11.1. The van der Waals surface area contributed by atoms with Gasteiger partial charge in [-0.3, -0.25) is 0 Å². The third-order valence-corrected chi connectivity index (χ3v) is 6.29. The van der Waals surface area contributed by atoms with Gasteiger partial charge < -0.3 is 15.3 Å². The highest BCUT2D eigenvalue weighted by atomic mass is 16.3. The zero-order valence-corrected chi connectivity index (χ0v) is 11.1. The van der Waals surface area contributed by atoms with Gasteiger partial charge in [-0.05, 0) is 48.0 Å². The Hall–Kier alpha value is -0.380. The summed E-state index contributed by atoms with van der Waals surface area (Å²) in [5.74, 6) is 1.33. The summed E-state index contributed by atoms with van der Waals surface area (Å²) in [7, 11) is 0. The molecule has 0 heterocycles. The summed E-state index contributed by atoms with van der Waals surface area (Å²) in [6, 6.07) is 0. The minimum atomic E-state index is -0.319. The van der Waals surface area contributed by atoms with E-state index in [9.17, 15) is 15.3 Å². The lowest BCUT2D eigenvalue weighted by atomic mass is 9.38. The molecule has 0 aromatic heterocycles. The lowest BCUT2D eigenvalue weighted by molar-refractivity contribution is -0.173. The molecule has 3 nitrogen and oxygen atoms in total. The van der Waals surface area contributed by atoms with Crippen molar-refractivity contribution in [3.05, 3.63) is 11.6 Å². The maximum Gasteiger partial charge on any atom is 0.0644 e. The van der Waals surface area contributed by atoms with Gasteiger partial charge in [0.25, 0.3) is 0 Å². The molecule has 3 heteroatoms. The second kappa shape index (κ2) is 4.06. The minimum absolute atomic E-state index is 0.0793. The number of rotatable bonds is 3. The van der Waals surface area contributed by atoms with E-state index in [4.69, 9.17) is 0 Å². The molecular formula is C15H24O3. The van der Waals surface area contributed by atoms with Crippen LogP contribution >= 0.6 is 0 Å². The first-order valence-corrected chi connectivity index (χ1v) is 7.14. The molecule has 0 radical (unpaired) electrons. The fourth-order valence-electron chi connectivity index (χ4n) is 5.33. The average Bonchev–Trinajstić information content (AvgIpc) is 2.64. The molecular weight excluding hydrogens is 228 g/mol. The zero-order chi connectivity index (χ0) is 13.0. The van der Waals surface area contributed by atoms with Crippen molar-refractivity contribution in [1.82, 2.24) is 0 Å². The molecule has 3 aliphatic rings. The summed E-state index contributed by atoms with van der Waals surface area (Å²) in [4.78, 5) is 0. The van der Waals surface area contributed by atoms with Crippen LogP contribution in [0.15, 0.2) is 11.6 Å². The van der Waals surface area contributed by atoms with Crippen LogP contribution in [0, 0.1) is 28.6 Å². The summed E-state index contributed by atoms with van der Waals surface area (Å²) in [5.41, 5.74) is 1.13. The van der Waals surface area contributed by atoms with E-state index < -0.39 is 0 Å². The average molecular weight is 252 g/mol. The van der Waals surface area contributed by atoms with E-state index in [-0.39, 0.29) is 25.2 Å². The van der Waals surface area contributed by atoms with Crippen LogP contribution in [0.2, 0.25) is 0 Å². The molecule has 4 atom stereocenters. The SMILES string of the molecule is C[C@]12CCCC(CO)(CO)[C@H]3[C@H]1CC=C(CO)[C@@H]32. The first kappa shape index (κ1) is 12.6. The predicted molar refractivity (Wildman–Crippen MR) is 68.8 cm³/mol. The van der Waals surface area contributed by atoms with E-state index in [0.717, 1.165) is 31.3 Å². The summed E-state index contributed by atoms with van der Waals surface area (Å²) >= 11 is 0. The maximum absolute atomic E-state index is 9.82. The molecule has 102 valence electrons. The number of hydrogen-bond acceptors (Lipinski definition) is 3. The van der Waals surface area contributed by atoms with Gasteiger partial charge in [0.15, 0.2) is 0 Å². The Balaban J connectivity index is 2.03. The molecule has 0 saturated heterocycles. The third-order valence-electron chi connectivity index (χ3n) is 6.29. The monoisotopic (exact) mass is 252 g/mol. The van der Waals surface area contributed by atoms with E-state index >= 15 is 0 Å². The maximum atomic E-state index is 9.82. The Morgan fingerprint density at radius 1 is 1.22 bits per heavy atom. The van der Waals surface area contributed by atoms with E-state index in [1.54, 1.807) is 0 Å². The second-order valence-electron chi connectivity index (χ2n) is 6.82. The first-order chi connectivity index (χ1) is 8.63. The van der Waals surface area contributed by atoms with Gasteiger partial charge in [0.2, 0.25) is 0 Å². The molecule has 0 spiro atoms. The van der Waals surface area contributed by atoms with Crippen molar-refractivity contribution in [3.8, 4) is 0 Å². The Kier molecular flexibility index (Phi) is 2.85. The van der Waals surface area contributed by atoms with Gasteiger partial charge in [-0.15, -0.1) is 0 Å². The highest BCUT2D eigenvalue weighted by Gasteiger charge is 2.67. The molecule has 3 aliphatic carbocycles. The number of hydrogen-bond donors (Lipinski definition) is 3. The molecule has 0 aliphatic heterocycles. The van der Waals surface area contributed by atoms with Crippen molar-refractivity contribution in [2.24, 2.45) is 28.6 Å². The van der Waals surface area contributed by atoms with Crippen LogP contribution in [0.5, 0.6) is 0 Å². The lowest BCUT2D eigenvalue weighted by Gasteiger charge is -2.66. The fourth-order valence-corrected chi connectivity index (χ4v) is 5.33. The summed E-state index contributed by atoms with van der Waals surface area (Å²) in [6.45, 7) is 2.63. The molecule has 0 unspecified atom stereocenters. The first-order valence-electron chi connectivity index (χ1n) is 7.14. The number of allylic oxidation sites excluding steroid dienone is 1. The van der Waals surface area contributed by atoms with Crippen molar-refractivity contribution in [2.45, 2.75) is 32.6 Å². The minimum Gasteiger partial charge on any atom is -0.396 e. The largest absolute Gasteiger partial charge is 0.396 e. The number of aliphatic hydroxyl groups is 3. The van der Waals surface area contributed by atoms with Gasteiger partial charge in [0.1, 0.15) is 0 Å². The molecule has 3 rings (SSSR count). The molecule has 4 bridgehead atoms. The summed E-state index contributed by atoms with van der Waals surface area (Å²) in [6.07, 6.45) is 6.37. The van der Waals surface area contributed by atoms with Crippen molar-refractivity contribution in [2.75, 3.05) is 19.8 Å². The van der Waals surface area contributed by atoms with Gasteiger partial charge in [-0.1, -0.05) is 19.4 Å². The predicted octanol–water partition coefficient (Wildman–Crippen LogP) is 1.33. The van der Waals surface area contributed by atoms with E-state index in [1.165, 1.54) is 0 Å². The Morgan fingerprint density at radius 3 is 2.56 bits per heavy atom. The Labute approximate surface area is 109 Å². The van der Waals surface area contributed by atoms with Gasteiger partial charge in [0.05, 0.1) is 19.8 Å². The van der Waals surface area contributed by atoms with Crippen LogP contribution in [-0.2, 0) is 0 Å². The quantitative estimate of drug-likeness (QED) is 0.664. The lowest BCUT2D eigenvalue weighted by Crippen LogP contribution is -2.63. The third kappa shape index (κ3) is 1.30. The van der Waals surface area contributed by atoms with Crippen LogP contribution in [-0.4, -0.2) is 35.1 Å². The van der Waals surface area contributed by atoms with Crippen molar-refractivity contribution in [1.29, 1.82) is 0 Å². The molecule has 0 aromatic rings. The smallest absolute Gasteiger partial charge is 0.0644 e. The molecule has 2 fully saturated rings. The second-order valence-corrected chi connectivity index (χ2v) is 6.82. The van der Waals surface area contributed by atoms with Crippen molar-refractivity contribution in [3.63, 3.8) is 0 Å². The van der Waals surface area contributed by atoms with E-state index in [1.807, 2.05) is 0 Å². The van der Waals surface area contributed by atoms with Gasteiger partial charge in [-0.25, -0.2) is 0 Å². The van der Waals surface area contributed by atoms with Crippen molar-refractivity contribution >= 4 is 0 Å². The molecule has 2 saturated carbocycles. The Bertz CT molecular complexity index is 372. The van der Waals surface area contributed by atoms with Crippen LogP contribution < -0.4 is 0 Å². The van der Waals surface area contributed by atoms with Gasteiger partial charge in [0, 0.05) is 5.41 Å². The van der Waals surface area contributed by atoms with Crippen LogP contribution in [0.4, 0.5) is 0 Å². The molecule has 0 aromatic carbocycles. The normalized spacial score (nSPS) is 44.9. The molecule has 0 amide bonds. The molecule has 18 heavy (non-hydrogen) atoms. The van der Waals surface area contributed by atoms with Crippen LogP contribution in [0.1, 0.15) is 32.6 Å². The van der Waals surface area contributed by atoms with Crippen LogP contribution in [0.25, 0.3) is 0 Å². The highest BCUT2D eigenvalue weighted by molar-refractivity contribution is 5.30. The summed E-state index contributed by atoms with van der Waals surface area (Å²) in [5, 5.41) is 29.2. The van der Waals surface area contributed by atoms with Crippen molar-refractivity contribution < 1.29 is 15.3 Å². The standard InChI is InChI=1S/C15H24O3/c1-14-5-2-6-15(8-17,9-18)13-11(14)4-3-10(7-16)12(13)14/h3,11-13,16-18H,2,4-9H2,1H3/t11-,12+,13+,14+/m1/s1. The number of aliphatic hydroxyl groups excluding tert-OH is 3.